The van der Waals surface area contributed by atoms with Crippen LogP contribution in [0.15, 0.2) is 23.1 Å². The molecule has 0 aliphatic rings. The van der Waals surface area contributed by atoms with Crippen molar-refractivity contribution in [1.82, 2.24) is 0 Å². The molecule has 7 nitrogen and oxygen atoms in total. The quantitative estimate of drug-likeness (QED) is 0.351. The van der Waals surface area contributed by atoms with Gasteiger partial charge >= 0.3 is 11.9 Å². The fourth-order valence-electron chi connectivity index (χ4n) is 2.23. The van der Waals surface area contributed by atoms with Gasteiger partial charge in [0.1, 0.15) is 4.90 Å². The normalized spacial score (nSPS) is 11.2. The molecule has 0 aliphatic carbocycles. The van der Waals surface area contributed by atoms with E-state index in [1.165, 1.54) is 6.07 Å². The van der Waals surface area contributed by atoms with Crippen LogP contribution in [-0.4, -0.2) is 38.1 Å². The lowest BCUT2D eigenvalue weighted by molar-refractivity contribution is 0.0480. The van der Waals surface area contributed by atoms with Crippen molar-refractivity contribution in [1.29, 1.82) is 0 Å². The molecule has 1 rings (SSSR count). The van der Waals surface area contributed by atoms with Gasteiger partial charge in [-0.25, -0.2) is 9.59 Å². The monoisotopic (exact) mass is 386 g/mol. The van der Waals surface area contributed by atoms with Gasteiger partial charge in [-0.2, -0.15) is 8.42 Å². The maximum absolute atomic E-state index is 12.1. The average Bonchev–Trinajstić information content (AvgIpc) is 2.60. The summed E-state index contributed by atoms with van der Waals surface area (Å²) in [5.74, 6) is -1.58. The van der Waals surface area contributed by atoms with Gasteiger partial charge in [-0.05, 0) is 31.0 Å². The fraction of sp³-hybridized carbons (Fsp3) is 0.556. The molecule has 26 heavy (non-hydrogen) atoms. The maximum Gasteiger partial charge on any atom is 0.339 e. The van der Waals surface area contributed by atoms with E-state index in [-0.39, 0.29) is 24.3 Å². The summed E-state index contributed by atoms with van der Waals surface area (Å²) in [5.41, 5.74) is -0.372. The van der Waals surface area contributed by atoms with Crippen LogP contribution in [0.25, 0.3) is 0 Å². The van der Waals surface area contributed by atoms with Gasteiger partial charge < -0.3 is 9.47 Å². The Hall–Kier alpha value is -1.93. The zero-order valence-corrected chi connectivity index (χ0v) is 16.0. The topological polar surface area (TPSA) is 107 Å². The maximum atomic E-state index is 12.1. The third kappa shape index (κ3) is 7.13. The lowest BCUT2D eigenvalue weighted by Crippen LogP contribution is -2.14. The van der Waals surface area contributed by atoms with Crippen molar-refractivity contribution in [2.45, 2.75) is 57.3 Å². The van der Waals surface area contributed by atoms with E-state index in [1.807, 2.05) is 13.8 Å². The van der Waals surface area contributed by atoms with Crippen molar-refractivity contribution in [2.75, 3.05) is 13.2 Å². The Labute approximate surface area is 154 Å². The Morgan fingerprint density at radius 1 is 0.923 bits per heavy atom. The predicted molar refractivity (Wildman–Crippen MR) is 95.9 cm³/mol. The zero-order chi connectivity index (χ0) is 19.6. The van der Waals surface area contributed by atoms with Crippen LogP contribution in [0.3, 0.4) is 0 Å². The Kier molecular flexibility index (Phi) is 9.29. The molecule has 0 radical (unpaired) electrons. The van der Waals surface area contributed by atoms with Crippen LogP contribution in [0, 0.1) is 0 Å². The zero-order valence-electron chi connectivity index (χ0n) is 15.2. The second-order valence-electron chi connectivity index (χ2n) is 5.87. The molecule has 0 unspecified atom stereocenters. The highest BCUT2D eigenvalue weighted by molar-refractivity contribution is 7.86. The highest BCUT2D eigenvalue weighted by Gasteiger charge is 2.24. The van der Waals surface area contributed by atoms with Crippen LogP contribution in [0.5, 0.6) is 0 Å². The van der Waals surface area contributed by atoms with Crippen molar-refractivity contribution in [3.8, 4) is 0 Å². The number of ether oxygens (including phenoxy) is 2. The number of rotatable bonds is 11. The molecule has 0 amide bonds. The molecular weight excluding hydrogens is 360 g/mol. The van der Waals surface area contributed by atoms with Gasteiger partial charge in [0, 0.05) is 0 Å². The molecule has 0 atom stereocenters. The van der Waals surface area contributed by atoms with E-state index >= 15 is 0 Å². The number of carbonyl (C=O) groups excluding carboxylic acids is 2. The molecule has 0 saturated carbocycles. The van der Waals surface area contributed by atoms with Crippen LogP contribution >= 0.6 is 0 Å². The minimum Gasteiger partial charge on any atom is -0.462 e. The van der Waals surface area contributed by atoms with Crippen LogP contribution in [0.1, 0.15) is 73.1 Å². The molecule has 0 heterocycles. The molecule has 0 aromatic heterocycles. The van der Waals surface area contributed by atoms with E-state index in [1.54, 1.807) is 0 Å². The van der Waals surface area contributed by atoms with Gasteiger partial charge in [-0.1, -0.05) is 39.5 Å². The van der Waals surface area contributed by atoms with E-state index in [9.17, 15) is 22.6 Å². The molecular formula is C18H26O7S. The Morgan fingerprint density at radius 3 is 1.96 bits per heavy atom. The largest absolute Gasteiger partial charge is 0.462 e. The molecule has 8 heteroatoms. The van der Waals surface area contributed by atoms with Crippen molar-refractivity contribution in [3.05, 3.63) is 29.3 Å². The first-order valence-electron chi connectivity index (χ1n) is 8.77. The lowest BCUT2D eigenvalue weighted by atomic mass is 10.1. The first kappa shape index (κ1) is 22.1. The van der Waals surface area contributed by atoms with E-state index in [0.717, 1.165) is 37.8 Å². The number of hydrogen-bond acceptors (Lipinski definition) is 6. The van der Waals surface area contributed by atoms with E-state index in [4.69, 9.17) is 9.47 Å². The Morgan fingerprint density at radius 2 is 1.46 bits per heavy atom. The molecule has 0 bridgehead atoms. The van der Waals surface area contributed by atoms with E-state index < -0.39 is 27.0 Å². The minimum absolute atomic E-state index is 0.0587. The number of unbranched alkanes of at least 4 members (excludes halogenated alkanes) is 4. The highest BCUT2D eigenvalue weighted by atomic mass is 32.2. The molecule has 0 aliphatic heterocycles. The summed E-state index contributed by atoms with van der Waals surface area (Å²) in [5, 5.41) is 0. The number of hydrogen-bond donors (Lipinski definition) is 1. The molecule has 1 N–H and O–H groups in total. The van der Waals surface area contributed by atoms with Crippen molar-refractivity contribution in [2.24, 2.45) is 0 Å². The predicted octanol–water partition coefficient (Wildman–Crippen LogP) is 3.63. The summed E-state index contributed by atoms with van der Waals surface area (Å²) in [6.45, 7) is 4.38. The number of carbonyl (C=O) groups is 2. The van der Waals surface area contributed by atoms with Gasteiger partial charge in [-0.3, -0.25) is 4.55 Å². The van der Waals surface area contributed by atoms with Crippen molar-refractivity contribution >= 4 is 22.1 Å². The second-order valence-corrected chi connectivity index (χ2v) is 7.26. The van der Waals surface area contributed by atoms with Gasteiger partial charge in [0.05, 0.1) is 24.3 Å². The standard InChI is InChI=1S/C18H26O7S/c1-3-5-7-11-24-17(19)14-9-10-15(16(13-14)26(21,22)23)18(20)25-12-8-6-4-2/h9-10,13H,3-8,11-12H2,1-2H3,(H,21,22,23). The van der Waals surface area contributed by atoms with E-state index in [0.29, 0.717) is 12.8 Å². The highest BCUT2D eigenvalue weighted by Crippen LogP contribution is 2.20. The number of esters is 2. The molecule has 1 aromatic rings. The fourth-order valence-corrected chi connectivity index (χ4v) is 2.93. The Bertz CT molecular complexity index is 710. The van der Waals surface area contributed by atoms with Crippen molar-refractivity contribution < 1.29 is 32.0 Å². The van der Waals surface area contributed by atoms with Gasteiger partial charge in [0.15, 0.2) is 0 Å². The van der Waals surface area contributed by atoms with Crippen molar-refractivity contribution in [3.63, 3.8) is 0 Å². The van der Waals surface area contributed by atoms with Crippen LogP contribution in [-0.2, 0) is 19.6 Å². The molecule has 0 fully saturated rings. The van der Waals surface area contributed by atoms with Gasteiger partial charge in [0.25, 0.3) is 10.1 Å². The smallest absolute Gasteiger partial charge is 0.339 e. The summed E-state index contributed by atoms with van der Waals surface area (Å²) in [4.78, 5) is 23.4. The first-order chi connectivity index (χ1) is 12.3. The van der Waals surface area contributed by atoms with E-state index in [2.05, 4.69) is 0 Å². The molecule has 146 valence electrons. The van der Waals surface area contributed by atoms with Gasteiger partial charge in [0.2, 0.25) is 0 Å². The molecule has 0 saturated heterocycles. The summed E-state index contributed by atoms with van der Waals surface area (Å²) < 4.78 is 42.7. The first-order valence-corrected chi connectivity index (χ1v) is 10.2. The molecule has 1 aromatic carbocycles. The second kappa shape index (κ2) is 10.9. The summed E-state index contributed by atoms with van der Waals surface area (Å²) in [7, 11) is -4.71. The van der Waals surface area contributed by atoms with Gasteiger partial charge in [-0.15, -0.1) is 0 Å². The van der Waals surface area contributed by atoms with Crippen LogP contribution in [0.4, 0.5) is 0 Å². The molecule has 0 spiro atoms. The average molecular weight is 386 g/mol. The third-order valence-electron chi connectivity index (χ3n) is 3.68. The lowest BCUT2D eigenvalue weighted by Gasteiger charge is -2.10. The summed E-state index contributed by atoms with van der Waals surface area (Å²) >= 11 is 0. The minimum atomic E-state index is -4.71. The summed E-state index contributed by atoms with van der Waals surface area (Å²) in [6, 6.07) is 3.35. The van der Waals surface area contributed by atoms with Crippen LogP contribution < -0.4 is 0 Å². The van der Waals surface area contributed by atoms with Crippen LogP contribution in [0.2, 0.25) is 0 Å². The number of benzene rings is 1. The third-order valence-corrected chi connectivity index (χ3v) is 4.57. The Balaban J connectivity index is 2.93. The SMILES string of the molecule is CCCCCOC(=O)c1ccc(C(=O)OCCCCC)c(S(=O)(=O)O)c1. The summed E-state index contributed by atoms with van der Waals surface area (Å²) in [6.07, 6.45) is 5.07.